The molecule has 0 aliphatic heterocycles. The molecule has 0 bridgehead atoms. The minimum Gasteiger partial charge on any atom is -0.394 e. The van der Waals surface area contributed by atoms with Gasteiger partial charge in [-0.05, 0) is 20.8 Å². The summed E-state index contributed by atoms with van der Waals surface area (Å²) in [6.07, 6.45) is -0.505. The van der Waals surface area contributed by atoms with E-state index in [4.69, 9.17) is 15.9 Å². The molecule has 0 aliphatic carbocycles. The monoisotopic (exact) mass is 135 g/mol. The fourth-order valence-electron chi connectivity index (χ4n) is 0. The average Bonchev–Trinajstić information content (AvgIpc) is 1.65. The van der Waals surface area contributed by atoms with Gasteiger partial charge >= 0.3 is 0 Å². The molecule has 0 saturated heterocycles. The topological polar surface area (TPSA) is 66.5 Å². The lowest BCUT2D eigenvalue weighted by Crippen LogP contribution is -2.14. The van der Waals surface area contributed by atoms with Crippen molar-refractivity contribution in [2.75, 3.05) is 6.54 Å². The molecule has 0 rings (SSSR count). The lowest BCUT2D eigenvalue weighted by Gasteiger charge is -1.91. The van der Waals surface area contributed by atoms with E-state index in [0.29, 0.717) is 6.54 Å². The van der Waals surface area contributed by atoms with E-state index < -0.39 is 0 Å². The van der Waals surface area contributed by atoms with Gasteiger partial charge in [-0.15, -0.1) is 0 Å². The molecule has 4 N–H and O–H groups in total. The van der Waals surface area contributed by atoms with Gasteiger partial charge in [-0.1, -0.05) is 0 Å². The second-order valence-electron chi connectivity index (χ2n) is 2.18. The molecule has 3 heteroatoms. The van der Waals surface area contributed by atoms with Crippen LogP contribution in [0.2, 0.25) is 0 Å². The number of hydrogen-bond acceptors (Lipinski definition) is 3. The largest absolute Gasteiger partial charge is 0.394 e. The Kier molecular flexibility index (Phi) is 10.2. The normalized spacial score (nSPS) is 12.3. The molecule has 9 heavy (non-hydrogen) atoms. The van der Waals surface area contributed by atoms with Gasteiger partial charge in [0, 0.05) is 12.6 Å². The summed E-state index contributed by atoms with van der Waals surface area (Å²) in [6, 6.07) is 0. The van der Waals surface area contributed by atoms with E-state index in [1.807, 2.05) is 0 Å². The molecule has 0 saturated carbocycles. The van der Waals surface area contributed by atoms with Gasteiger partial charge in [-0.2, -0.15) is 0 Å². The molecule has 0 heterocycles. The summed E-state index contributed by atoms with van der Waals surface area (Å²) in [5.74, 6) is 0. The zero-order chi connectivity index (χ0) is 7.86. The average molecular weight is 135 g/mol. The van der Waals surface area contributed by atoms with E-state index in [1.54, 1.807) is 20.8 Å². The first-order chi connectivity index (χ1) is 4.00. The molecule has 0 amide bonds. The van der Waals surface area contributed by atoms with Crippen LogP contribution in [-0.4, -0.2) is 29.0 Å². The van der Waals surface area contributed by atoms with Crippen LogP contribution in [0.5, 0.6) is 0 Å². The number of hydrogen-bond donors (Lipinski definition) is 3. The summed E-state index contributed by atoms with van der Waals surface area (Å²) >= 11 is 0. The van der Waals surface area contributed by atoms with Crippen molar-refractivity contribution in [1.29, 1.82) is 0 Å². The highest BCUT2D eigenvalue weighted by molar-refractivity contribution is 4.40. The van der Waals surface area contributed by atoms with E-state index in [2.05, 4.69) is 0 Å². The quantitative estimate of drug-likeness (QED) is 0.463. The Morgan fingerprint density at radius 1 is 1.22 bits per heavy atom. The van der Waals surface area contributed by atoms with Gasteiger partial charge in [0.1, 0.15) is 0 Å². The van der Waals surface area contributed by atoms with E-state index in [9.17, 15) is 0 Å². The van der Waals surface area contributed by atoms with Crippen LogP contribution >= 0.6 is 0 Å². The molecule has 3 nitrogen and oxygen atoms in total. The van der Waals surface area contributed by atoms with Crippen molar-refractivity contribution in [1.82, 2.24) is 0 Å². The van der Waals surface area contributed by atoms with E-state index in [0.717, 1.165) is 0 Å². The molecule has 0 radical (unpaired) electrons. The van der Waals surface area contributed by atoms with Crippen LogP contribution in [0, 0.1) is 0 Å². The molecule has 1 atom stereocenters. The van der Waals surface area contributed by atoms with Crippen LogP contribution in [0.1, 0.15) is 20.8 Å². The first-order valence-electron chi connectivity index (χ1n) is 3.06. The van der Waals surface area contributed by atoms with Crippen molar-refractivity contribution in [3.63, 3.8) is 0 Å². The zero-order valence-corrected chi connectivity index (χ0v) is 6.33. The number of aliphatic hydroxyl groups is 2. The molecule has 0 fully saturated rings. The Bertz CT molecular complexity index is 43.6. The Morgan fingerprint density at radius 3 is 1.33 bits per heavy atom. The maximum absolute atomic E-state index is 8.24. The summed E-state index contributed by atoms with van der Waals surface area (Å²) in [6.45, 7) is 5.46. The van der Waals surface area contributed by atoms with Crippen molar-refractivity contribution in [3.8, 4) is 0 Å². The maximum Gasteiger partial charge on any atom is 0.0634 e. The first-order valence-corrected chi connectivity index (χ1v) is 3.06. The highest BCUT2D eigenvalue weighted by atomic mass is 16.3. The summed E-state index contributed by atoms with van der Waals surface area (Å²) in [5, 5.41) is 16.3. The summed E-state index contributed by atoms with van der Waals surface area (Å²) in [4.78, 5) is 0. The van der Waals surface area contributed by atoms with Gasteiger partial charge in [0.05, 0.1) is 6.10 Å². The summed E-state index contributed by atoms with van der Waals surface area (Å²) in [7, 11) is 0. The maximum atomic E-state index is 8.24. The Balaban J connectivity index is 0. The van der Waals surface area contributed by atoms with Crippen LogP contribution < -0.4 is 5.73 Å². The third kappa shape index (κ3) is 77.1. The number of nitrogens with two attached hydrogens (primary N) is 1. The standard InChI is InChI=1S/C3H9NO.C3H8O/c1-3(5)2-4;1-3(2)4/h3,5H,2,4H2,1H3;3-4H,1-2H3. The summed E-state index contributed by atoms with van der Waals surface area (Å²) in [5.41, 5.74) is 4.92. The van der Waals surface area contributed by atoms with Crippen molar-refractivity contribution >= 4 is 0 Å². The Morgan fingerprint density at radius 2 is 1.33 bits per heavy atom. The lowest BCUT2D eigenvalue weighted by atomic mass is 10.4. The first kappa shape index (κ1) is 11.6. The van der Waals surface area contributed by atoms with Gasteiger partial charge in [-0.3, -0.25) is 0 Å². The van der Waals surface area contributed by atoms with Crippen LogP contribution in [0.4, 0.5) is 0 Å². The van der Waals surface area contributed by atoms with Gasteiger partial charge < -0.3 is 15.9 Å². The lowest BCUT2D eigenvalue weighted by molar-refractivity contribution is 0.203. The van der Waals surface area contributed by atoms with Crippen molar-refractivity contribution in [3.05, 3.63) is 0 Å². The molecule has 0 aliphatic rings. The van der Waals surface area contributed by atoms with Crippen LogP contribution in [0.15, 0.2) is 0 Å². The number of aliphatic hydroxyl groups excluding tert-OH is 2. The molecular formula is C6H17NO2. The van der Waals surface area contributed by atoms with E-state index in [1.165, 1.54) is 0 Å². The highest BCUT2D eigenvalue weighted by Crippen LogP contribution is 1.65. The molecule has 0 aromatic rings. The SMILES string of the molecule is CC(C)O.CC(O)CN. The molecule has 0 aromatic carbocycles. The fourth-order valence-corrected chi connectivity index (χ4v) is 0. The fraction of sp³-hybridized carbons (Fsp3) is 1.00. The summed E-state index contributed by atoms with van der Waals surface area (Å²) < 4.78 is 0. The van der Waals surface area contributed by atoms with Crippen molar-refractivity contribution < 1.29 is 10.2 Å². The third-order valence-corrected chi connectivity index (χ3v) is 0.341. The van der Waals surface area contributed by atoms with Gasteiger partial charge in [0.2, 0.25) is 0 Å². The highest BCUT2D eigenvalue weighted by Gasteiger charge is 1.81. The Hall–Kier alpha value is -0.120. The predicted molar refractivity (Wildman–Crippen MR) is 38.1 cm³/mol. The smallest absolute Gasteiger partial charge is 0.0634 e. The van der Waals surface area contributed by atoms with Gasteiger partial charge in [0.15, 0.2) is 0 Å². The molecule has 58 valence electrons. The van der Waals surface area contributed by atoms with Gasteiger partial charge in [0.25, 0.3) is 0 Å². The third-order valence-electron chi connectivity index (χ3n) is 0.341. The minimum atomic E-state index is -0.338. The molecule has 1 unspecified atom stereocenters. The van der Waals surface area contributed by atoms with Gasteiger partial charge in [-0.25, -0.2) is 0 Å². The zero-order valence-electron chi connectivity index (χ0n) is 6.33. The minimum absolute atomic E-state index is 0.167. The van der Waals surface area contributed by atoms with Crippen molar-refractivity contribution in [2.24, 2.45) is 5.73 Å². The van der Waals surface area contributed by atoms with Crippen LogP contribution in [0.3, 0.4) is 0 Å². The second-order valence-corrected chi connectivity index (χ2v) is 2.18. The predicted octanol–water partition coefficient (Wildman–Crippen LogP) is -0.287. The van der Waals surface area contributed by atoms with Crippen LogP contribution in [-0.2, 0) is 0 Å². The molecular weight excluding hydrogens is 118 g/mol. The van der Waals surface area contributed by atoms with E-state index >= 15 is 0 Å². The second kappa shape index (κ2) is 7.88. The molecule has 0 aromatic heterocycles. The molecule has 0 spiro atoms. The van der Waals surface area contributed by atoms with Crippen molar-refractivity contribution in [2.45, 2.75) is 33.0 Å². The Labute approximate surface area is 56.5 Å². The van der Waals surface area contributed by atoms with Crippen LogP contribution in [0.25, 0.3) is 0 Å². The number of rotatable bonds is 1. The van der Waals surface area contributed by atoms with E-state index in [-0.39, 0.29) is 12.2 Å².